The van der Waals surface area contributed by atoms with Crippen LogP contribution in [-0.4, -0.2) is 27.4 Å². The van der Waals surface area contributed by atoms with E-state index in [1.165, 1.54) is 18.7 Å². The number of nitrogens with two attached hydrogens (primary N) is 1. The molecule has 0 radical (unpaired) electrons. The molecule has 0 aromatic carbocycles. The first-order valence-electron chi connectivity index (χ1n) is 5.51. The number of hydrogen-bond acceptors (Lipinski definition) is 5. The average molecular weight is 253 g/mol. The van der Waals surface area contributed by atoms with Crippen LogP contribution < -0.4 is 11.1 Å². The van der Waals surface area contributed by atoms with Crippen LogP contribution in [0, 0.1) is 11.8 Å². The van der Waals surface area contributed by atoms with Crippen LogP contribution in [0.15, 0.2) is 37.1 Å². The Morgan fingerprint density at radius 1 is 1.37 bits per heavy atom. The summed E-state index contributed by atoms with van der Waals surface area (Å²) in [6.45, 7) is 0.283. The highest BCUT2D eigenvalue weighted by atomic mass is 16.1. The Hall–Kier alpha value is -2.78. The molecule has 0 spiro atoms. The molecule has 0 atom stereocenters. The SMILES string of the molecule is NCC#Cc1ccnc(NC(=O)c2cncnc2)c1. The van der Waals surface area contributed by atoms with E-state index in [4.69, 9.17) is 5.73 Å². The van der Waals surface area contributed by atoms with Crippen molar-refractivity contribution < 1.29 is 4.79 Å². The van der Waals surface area contributed by atoms with E-state index in [0.717, 1.165) is 5.56 Å². The van der Waals surface area contributed by atoms with Gasteiger partial charge in [-0.15, -0.1) is 0 Å². The minimum absolute atomic E-state index is 0.283. The largest absolute Gasteiger partial charge is 0.320 e. The van der Waals surface area contributed by atoms with Gasteiger partial charge in [-0.3, -0.25) is 4.79 Å². The van der Waals surface area contributed by atoms with Gasteiger partial charge >= 0.3 is 0 Å². The van der Waals surface area contributed by atoms with Crippen molar-refractivity contribution in [2.24, 2.45) is 5.73 Å². The van der Waals surface area contributed by atoms with Crippen molar-refractivity contribution in [2.45, 2.75) is 0 Å². The summed E-state index contributed by atoms with van der Waals surface area (Å²) in [5.41, 5.74) is 6.40. The van der Waals surface area contributed by atoms with Gasteiger partial charge in [0.15, 0.2) is 0 Å². The average Bonchev–Trinajstić information content (AvgIpc) is 2.46. The summed E-state index contributed by atoms with van der Waals surface area (Å²) in [5, 5.41) is 2.65. The Bertz CT molecular complexity index is 630. The van der Waals surface area contributed by atoms with Crippen molar-refractivity contribution in [3.05, 3.63) is 48.2 Å². The quantitative estimate of drug-likeness (QED) is 0.757. The van der Waals surface area contributed by atoms with Crippen molar-refractivity contribution in [2.75, 3.05) is 11.9 Å². The van der Waals surface area contributed by atoms with Crippen molar-refractivity contribution in [3.8, 4) is 11.8 Å². The number of aromatic nitrogens is 3. The fourth-order valence-corrected chi connectivity index (χ4v) is 1.33. The standard InChI is InChI=1S/C13H11N5O/c14-4-1-2-10-3-5-17-12(6-10)18-13(19)11-7-15-9-16-8-11/h3,5-9H,4,14H2,(H,17,18,19). The number of nitrogens with one attached hydrogen (secondary N) is 1. The summed E-state index contributed by atoms with van der Waals surface area (Å²) in [5.74, 6) is 5.69. The van der Waals surface area contributed by atoms with E-state index >= 15 is 0 Å². The Kier molecular flexibility index (Phi) is 4.16. The van der Waals surface area contributed by atoms with Crippen LogP contribution >= 0.6 is 0 Å². The minimum Gasteiger partial charge on any atom is -0.320 e. The van der Waals surface area contributed by atoms with E-state index in [2.05, 4.69) is 32.1 Å². The van der Waals surface area contributed by atoms with Gasteiger partial charge in [0.2, 0.25) is 0 Å². The summed E-state index contributed by atoms with van der Waals surface area (Å²) in [6.07, 6.45) is 5.79. The summed E-state index contributed by atoms with van der Waals surface area (Å²) in [7, 11) is 0. The molecule has 3 N–H and O–H groups in total. The maximum absolute atomic E-state index is 11.9. The second kappa shape index (κ2) is 6.23. The van der Waals surface area contributed by atoms with Crippen LogP contribution in [0.3, 0.4) is 0 Å². The molecule has 19 heavy (non-hydrogen) atoms. The molecular formula is C13H11N5O. The van der Waals surface area contributed by atoms with Gasteiger partial charge in [0.25, 0.3) is 5.91 Å². The topological polar surface area (TPSA) is 93.8 Å². The molecule has 6 nitrogen and oxygen atoms in total. The molecule has 0 aliphatic carbocycles. The highest BCUT2D eigenvalue weighted by molar-refractivity contribution is 6.03. The number of carbonyl (C=O) groups is 1. The summed E-state index contributed by atoms with van der Waals surface area (Å²) >= 11 is 0. The molecule has 1 amide bonds. The lowest BCUT2D eigenvalue weighted by Crippen LogP contribution is -2.13. The van der Waals surface area contributed by atoms with Crippen LogP contribution in [0.4, 0.5) is 5.82 Å². The van der Waals surface area contributed by atoms with E-state index in [-0.39, 0.29) is 12.5 Å². The zero-order chi connectivity index (χ0) is 13.5. The Morgan fingerprint density at radius 3 is 2.89 bits per heavy atom. The summed E-state index contributed by atoms with van der Waals surface area (Å²) in [6, 6.07) is 3.41. The highest BCUT2D eigenvalue weighted by Crippen LogP contribution is 2.07. The van der Waals surface area contributed by atoms with Gasteiger partial charge in [0, 0.05) is 24.2 Å². The predicted molar refractivity (Wildman–Crippen MR) is 70.2 cm³/mol. The third kappa shape index (κ3) is 3.59. The van der Waals surface area contributed by atoms with Crippen molar-refractivity contribution in [1.29, 1.82) is 0 Å². The van der Waals surface area contributed by atoms with Gasteiger partial charge in [0.1, 0.15) is 12.1 Å². The van der Waals surface area contributed by atoms with Gasteiger partial charge in [-0.05, 0) is 12.1 Å². The Morgan fingerprint density at radius 2 is 2.16 bits per heavy atom. The van der Waals surface area contributed by atoms with Crippen LogP contribution in [-0.2, 0) is 0 Å². The Balaban J connectivity index is 2.13. The lowest BCUT2D eigenvalue weighted by molar-refractivity contribution is 0.102. The first-order valence-corrected chi connectivity index (χ1v) is 5.51. The maximum Gasteiger partial charge on any atom is 0.259 e. The molecule has 0 unspecified atom stereocenters. The zero-order valence-electron chi connectivity index (χ0n) is 10.00. The number of rotatable bonds is 2. The number of amides is 1. The molecule has 2 heterocycles. The molecule has 6 heteroatoms. The number of pyridine rings is 1. The van der Waals surface area contributed by atoms with Crippen molar-refractivity contribution >= 4 is 11.7 Å². The fraction of sp³-hybridized carbons (Fsp3) is 0.0769. The third-order valence-electron chi connectivity index (χ3n) is 2.16. The molecule has 2 rings (SSSR count). The van der Waals surface area contributed by atoms with Crippen LogP contribution in [0.1, 0.15) is 15.9 Å². The summed E-state index contributed by atoms with van der Waals surface area (Å²) < 4.78 is 0. The molecule has 2 aromatic heterocycles. The van der Waals surface area contributed by atoms with Gasteiger partial charge in [-0.1, -0.05) is 11.8 Å². The number of nitrogens with zero attached hydrogens (tertiary/aromatic N) is 3. The molecule has 0 aliphatic heterocycles. The minimum atomic E-state index is -0.322. The lowest BCUT2D eigenvalue weighted by atomic mass is 10.2. The van der Waals surface area contributed by atoms with E-state index in [1.807, 2.05) is 0 Å². The highest BCUT2D eigenvalue weighted by Gasteiger charge is 2.06. The van der Waals surface area contributed by atoms with Crippen LogP contribution in [0.2, 0.25) is 0 Å². The molecule has 0 fully saturated rings. The predicted octanol–water partition coefficient (Wildman–Crippen LogP) is 0.434. The second-order valence-electron chi connectivity index (χ2n) is 3.52. The van der Waals surface area contributed by atoms with Crippen LogP contribution in [0.25, 0.3) is 0 Å². The van der Waals surface area contributed by atoms with Crippen molar-refractivity contribution in [1.82, 2.24) is 15.0 Å². The molecular weight excluding hydrogens is 242 g/mol. The zero-order valence-corrected chi connectivity index (χ0v) is 10.00. The second-order valence-corrected chi connectivity index (χ2v) is 3.52. The first-order chi connectivity index (χ1) is 9.29. The van der Waals surface area contributed by atoms with E-state index in [1.54, 1.807) is 18.3 Å². The Labute approximate surface area is 110 Å². The van der Waals surface area contributed by atoms with Crippen LogP contribution in [0.5, 0.6) is 0 Å². The smallest absolute Gasteiger partial charge is 0.259 e. The van der Waals surface area contributed by atoms with Gasteiger partial charge in [0.05, 0.1) is 12.1 Å². The van der Waals surface area contributed by atoms with E-state index in [9.17, 15) is 4.79 Å². The first kappa shape index (κ1) is 12.7. The maximum atomic E-state index is 11.9. The normalized spacial score (nSPS) is 9.32. The monoisotopic (exact) mass is 253 g/mol. The summed E-state index contributed by atoms with van der Waals surface area (Å²) in [4.78, 5) is 23.4. The molecule has 0 aliphatic rings. The van der Waals surface area contributed by atoms with E-state index in [0.29, 0.717) is 11.4 Å². The number of hydrogen-bond donors (Lipinski definition) is 2. The van der Waals surface area contributed by atoms with Gasteiger partial charge < -0.3 is 11.1 Å². The molecule has 0 bridgehead atoms. The van der Waals surface area contributed by atoms with E-state index < -0.39 is 0 Å². The van der Waals surface area contributed by atoms with Crippen molar-refractivity contribution in [3.63, 3.8) is 0 Å². The molecule has 0 saturated heterocycles. The molecule has 94 valence electrons. The number of carbonyl (C=O) groups excluding carboxylic acids is 1. The lowest BCUT2D eigenvalue weighted by Gasteiger charge is -2.03. The van der Waals surface area contributed by atoms with Gasteiger partial charge in [-0.2, -0.15) is 0 Å². The fourth-order valence-electron chi connectivity index (χ4n) is 1.33. The molecule has 2 aromatic rings. The third-order valence-corrected chi connectivity index (χ3v) is 2.16. The van der Waals surface area contributed by atoms with Gasteiger partial charge in [-0.25, -0.2) is 15.0 Å². The molecule has 0 saturated carbocycles. The number of anilines is 1.